The van der Waals surface area contributed by atoms with Gasteiger partial charge >= 0.3 is 6.01 Å². The molecule has 0 saturated heterocycles. The van der Waals surface area contributed by atoms with Crippen molar-refractivity contribution in [2.24, 2.45) is 5.84 Å². The summed E-state index contributed by atoms with van der Waals surface area (Å²) in [5, 5.41) is 9.57. The molecule has 2 aromatic rings. The number of anilines is 2. The van der Waals surface area contributed by atoms with Gasteiger partial charge in [-0.05, 0) is 0 Å². The Hall–Kier alpha value is -2.55. The third-order valence-corrected chi connectivity index (χ3v) is 1.78. The van der Waals surface area contributed by atoms with Crippen molar-refractivity contribution >= 4 is 17.7 Å². The molecule has 4 N–H and O–H groups in total. The maximum absolute atomic E-state index is 11.6. The molecule has 0 aromatic carbocycles. The Morgan fingerprint density at radius 3 is 2.71 bits per heavy atom. The number of aryl methyl sites for hydroxylation is 1. The van der Waals surface area contributed by atoms with Crippen molar-refractivity contribution in [3.05, 3.63) is 24.0 Å². The van der Waals surface area contributed by atoms with Crippen LogP contribution in [0.1, 0.15) is 16.4 Å². The molecule has 0 radical (unpaired) electrons. The van der Waals surface area contributed by atoms with Crippen LogP contribution in [0.3, 0.4) is 0 Å². The number of nitrogens with zero attached hydrogens (tertiary/aromatic N) is 4. The lowest BCUT2D eigenvalue weighted by Crippen LogP contribution is -2.15. The SMILES string of the molecule is Cc1nnc(NC(=O)c2cnc(NN)cn2)o1. The topological polar surface area (TPSA) is 132 Å². The first kappa shape index (κ1) is 11.0. The molecule has 2 rings (SSSR count). The molecule has 0 fully saturated rings. The molecule has 0 saturated carbocycles. The number of amides is 1. The first-order valence-corrected chi connectivity index (χ1v) is 4.59. The van der Waals surface area contributed by atoms with E-state index in [4.69, 9.17) is 10.3 Å². The molecule has 2 heterocycles. The number of rotatable bonds is 3. The summed E-state index contributed by atoms with van der Waals surface area (Å²) in [6.07, 6.45) is 2.60. The highest BCUT2D eigenvalue weighted by Crippen LogP contribution is 2.06. The normalized spacial score (nSPS) is 10.0. The van der Waals surface area contributed by atoms with E-state index in [0.717, 1.165) is 0 Å². The van der Waals surface area contributed by atoms with E-state index in [1.165, 1.54) is 12.4 Å². The van der Waals surface area contributed by atoms with Gasteiger partial charge in [0.05, 0.1) is 12.4 Å². The minimum atomic E-state index is -0.496. The minimum absolute atomic E-state index is 0.00956. The van der Waals surface area contributed by atoms with Gasteiger partial charge in [-0.15, -0.1) is 5.10 Å². The highest BCUT2D eigenvalue weighted by Gasteiger charge is 2.11. The summed E-state index contributed by atoms with van der Waals surface area (Å²) < 4.78 is 4.99. The summed E-state index contributed by atoms with van der Waals surface area (Å²) in [5.41, 5.74) is 2.41. The molecule has 1 amide bonds. The fourth-order valence-corrected chi connectivity index (χ4v) is 1.03. The van der Waals surface area contributed by atoms with Gasteiger partial charge in [0.1, 0.15) is 5.69 Å². The van der Waals surface area contributed by atoms with Crippen LogP contribution in [0.15, 0.2) is 16.8 Å². The molecule has 9 nitrogen and oxygen atoms in total. The van der Waals surface area contributed by atoms with E-state index in [2.05, 4.69) is 30.9 Å². The van der Waals surface area contributed by atoms with E-state index >= 15 is 0 Å². The van der Waals surface area contributed by atoms with Crippen LogP contribution in [-0.4, -0.2) is 26.1 Å². The second-order valence-corrected chi connectivity index (χ2v) is 3.01. The number of hydrogen-bond acceptors (Lipinski definition) is 8. The van der Waals surface area contributed by atoms with Crippen molar-refractivity contribution in [3.8, 4) is 0 Å². The Bertz CT molecular complexity index is 521. The summed E-state index contributed by atoms with van der Waals surface area (Å²) in [6.45, 7) is 1.62. The summed E-state index contributed by atoms with van der Waals surface area (Å²) in [5.74, 6) is 5.33. The van der Waals surface area contributed by atoms with E-state index in [1.807, 2.05) is 0 Å². The Morgan fingerprint density at radius 1 is 1.35 bits per heavy atom. The summed E-state index contributed by atoms with van der Waals surface area (Å²) in [6, 6.07) is 0.00956. The molecule has 0 unspecified atom stereocenters. The minimum Gasteiger partial charge on any atom is -0.408 e. The Morgan fingerprint density at radius 2 is 2.18 bits per heavy atom. The molecule has 88 valence electrons. The Kier molecular flexibility index (Phi) is 2.92. The van der Waals surface area contributed by atoms with Gasteiger partial charge in [0.15, 0.2) is 5.82 Å². The van der Waals surface area contributed by atoms with Crippen LogP contribution in [0.2, 0.25) is 0 Å². The van der Waals surface area contributed by atoms with E-state index in [9.17, 15) is 4.79 Å². The molecular weight excluding hydrogens is 226 g/mol. The second kappa shape index (κ2) is 4.53. The van der Waals surface area contributed by atoms with Crippen molar-refractivity contribution in [2.75, 3.05) is 10.7 Å². The summed E-state index contributed by atoms with van der Waals surface area (Å²) in [7, 11) is 0. The van der Waals surface area contributed by atoms with Gasteiger partial charge in [-0.2, -0.15) is 0 Å². The van der Waals surface area contributed by atoms with Crippen molar-refractivity contribution < 1.29 is 9.21 Å². The van der Waals surface area contributed by atoms with Gasteiger partial charge in [-0.1, -0.05) is 5.10 Å². The predicted molar refractivity (Wildman–Crippen MR) is 56.8 cm³/mol. The number of nitrogen functional groups attached to an aromatic ring is 1. The second-order valence-electron chi connectivity index (χ2n) is 3.01. The van der Waals surface area contributed by atoms with Crippen LogP contribution in [0.4, 0.5) is 11.8 Å². The molecule has 0 aliphatic heterocycles. The molecular formula is C8H9N7O2. The Labute approximate surface area is 95.4 Å². The van der Waals surface area contributed by atoms with Crippen molar-refractivity contribution in [3.63, 3.8) is 0 Å². The van der Waals surface area contributed by atoms with Crippen LogP contribution in [0.5, 0.6) is 0 Å². The van der Waals surface area contributed by atoms with Gasteiger partial charge in [-0.25, -0.2) is 15.8 Å². The smallest absolute Gasteiger partial charge is 0.322 e. The number of carbonyl (C=O) groups excluding carboxylic acids is 1. The number of nitrogens with one attached hydrogen (secondary N) is 2. The first-order valence-electron chi connectivity index (χ1n) is 4.59. The fourth-order valence-electron chi connectivity index (χ4n) is 1.03. The van der Waals surface area contributed by atoms with E-state index in [-0.39, 0.29) is 11.7 Å². The van der Waals surface area contributed by atoms with Crippen LogP contribution >= 0.6 is 0 Å². The van der Waals surface area contributed by atoms with Crippen molar-refractivity contribution in [2.45, 2.75) is 6.92 Å². The number of aromatic nitrogens is 4. The third-order valence-electron chi connectivity index (χ3n) is 1.78. The van der Waals surface area contributed by atoms with Crippen molar-refractivity contribution in [1.29, 1.82) is 0 Å². The molecule has 0 atom stereocenters. The summed E-state index contributed by atoms with van der Waals surface area (Å²) >= 11 is 0. The zero-order valence-corrected chi connectivity index (χ0v) is 8.84. The van der Waals surface area contributed by atoms with Crippen molar-refractivity contribution in [1.82, 2.24) is 20.2 Å². The standard InChI is InChI=1S/C8H9N7O2/c1-4-14-15-8(17-4)12-7(16)5-2-11-6(13-9)3-10-5/h2-3H,9H2,1H3,(H,11,13)(H,12,15,16). The van der Waals surface area contributed by atoms with E-state index < -0.39 is 5.91 Å². The molecule has 2 aromatic heterocycles. The number of hydrogen-bond donors (Lipinski definition) is 3. The van der Waals surface area contributed by atoms with Crippen LogP contribution < -0.4 is 16.6 Å². The molecule has 9 heteroatoms. The van der Waals surface area contributed by atoms with Gasteiger partial charge in [-0.3, -0.25) is 10.1 Å². The molecule has 17 heavy (non-hydrogen) atoms. The highest BCUT2D eigenvalue weighted by molar-refractivity contribution is 6.01. The monoisotopic (exact) mass is 235 g/mol. The lowest BCUT2D eigenvalue weighted by Gasteiger charge is -2.00. The zero-order valence-electron chi connectivity index (χ0n) is 8.84. The lowest BCUT2D eigenvalue weighted by molar-refractivity contribution is 0.101. The number of carbonyl (C=O) groups is 1. The maximum atomic E-state index is 11.6. The Balaban J connectivity index is 2.09. The zero-order chi connectivity index (χ0) is 12.3. The molecule has 0 spiro atoms. The number of nitrogens with two attached hydrogens (primary N) is 1. The first-order chi connectivity index (χ1) is 8.19. The fraction of sp³-hybridized carbons (Fsp3) is 0.125. The molecule has 0 bridgehead atoms. The van der Waals surface area contributed by atoms with Gasteiger partial charge in [0.25, 0.3) is 5.91 Å². The molecule has 0 aliphatic rings. The van der Waals surface area contributed by atoms with E-state index in [0.29, 0.717) is 11.7 Å². The highest BCUT2D eigenvalue weighted by atomic mass is 16.4. The average Bonchev–Trinajstić information content (AvgIpc) is 2.75. The average molecular weight is 235 g/mol. The lowest BCUT2D eigenvalue weighted by atomic mass is 10.4. The maximum Gasteiger partial charge on any atom is 0.322 e. The van der Waals surface area contributed by atoms with Crippen LogP contribution in [0.25, 0.3) is 0 Å². The van der Waals surface area contributed by atoms with Gasteiger partial charge < -0.3 is 9.84 Å². The largest absolute Gasteiger partial charge is 0.408 e. The predicted octanol–water partition coefficient (Wildman–Crippen LogP) is -0.294. The molecule has 0 aliphatic carbocycles. The van der Waals surface area contributed by atoms with E-state index in [1.54, 1.807) is 6.92 Å². The quantitative estimate of drug-likeness (QED) is 0.488. The van der Waals surface area contributed by atoms with Gasteiger partial charge in [0, 0.05) is 6.92 Å². The third kappa shape index (κ3) is 2.52. The van der Waals surface area contributed by atoms with Gasteiger partial charge in [0.2, 0.25) is 5.89 Å². The summed E-state index contributed by atoms with van der Waals surface area (Å²) in [4.78, 5) is 19.3. The van der Waals surface area contributed by atoms with Crippen LogP contribution in [-0.2, 0) is 0 Å². The van der Waals surface area contributed by atoms with Crippen LogP contribution in [0, 0.1) is 6.92 Å². The number of hydrazine groups is 1.